The highest BCUT2D eigenvalue weighted by Gasteiger charge is 2.28. The number of hydrogen-bond donors (Lipinski definition) is 1. The summed E-state index contributed by atoms with van der Waals surface area (Å²) in [6.07, 6.45) is 2.55. The van der Waals surface area contributed by atoms with Crippen molar-refractivity contribution in [1.82, 2.24) is 19.9 Å². The Kier molecular flexibility index (Phi) is 6.49. The van der Waals surface area contributed by atoms with Gasteiger partial charge in [0, 0.05) is 17.7 Å². The molecule has 0 unspecified atom stereocenters. The number of nitrogens with zero attached hydrogens (tertiary/aromatic N) is 4. The lowest BCUT2D eigenvalue weighted by molar-refractivity contribution is 0.0383. The molecule has 13 heteroatoms. The van der Waals surface area contributed by atoms with Gasteiger partial charge in [-0.1, -0.05) is 11.6 Å². The maximum atomic E-state index is 13.3. The number of carbonyl (C=O) groups excluding carboxylic acids is 1. The monoisotopic (exact) mass is 567 g/mol. The van der Waals surface area contributed by atoms with Gasteiger partial charge in [-0.15, -0.1) is 11.3 Å². The van der Waals surface area contributed by atoms with Crippen molar-refractivity contribution in [3.63, 3.8) is 0 Å². The Labute approximate surface area is 229 Å². The van der Waals surface area contributed by atoms with Gasteiger partial charge in [0.25, 0.3) is 0 Å². The molecule has 2 aromatic carbocycles. The zero-order valence-corrected chi connectivity index (χ0v) is 22.1. The summed E-state index contributed by atoms with van der Waals surface area (Å²) in [4.78, 5) is 29.6. The van der Waals surface area contributed by atoms with Crippen molar-refractivity contribution in [2.24, 2.45) is 0 Å². The van der Waals surface area contributed by atoms with E-state index < -0.39 is 18.0 Å². The Hall–Kier alpha value is -4.29. The summed E-state index contributed by atoms with van der Waals surface area (Å²) in [5, 5.41) is 3.50. The Balaban J connectivity index is 1.24. The second-order valence-electron chi connectivity index (χ2n) is 8.64. The third-order valence-corrected chi connectivity index (χ3v) is 7.18. The van der Waals surface area contributed by atoms with Gasteiger partial charge in [0.15, 0.2) is 17.6 Å². The molecule has 1 aliphatic rings. The maximum Gasteiger partial charge on any atom is 0.411 e. The molecule has 5 aromatic rings. The molecule has 6 rings (SSSR count). The van der Waals surface area contributed by atoms with E-state index >= 15 is 0 Å². The molecule has 1 aliphatic heterocycles. The van der Waals surface area contributed by atoms with Crippen LogP contribution in [0.4, 0.5) is 14.9 Å². The molecule has 10 nitrogen and oxygen atoms in total. The summed E-state index contributed by atoms with van der Waals surface area (Å²) in [7, 11) is 1.55. The third-order valence-electron chi connectivity index (χ3n) is 5.81. The quantitative estimate of drug-likeness (QED) is 0.281. The number of ether oxygens (including phenoxy) is 4. The van der Waals surface area contributed by atoms with Gasteiger partial charge in [0.05, 0.1) is 47.4 Å². The van der Waals surface area contributed by atoms with E-state index in [0.29, 0.717) is 44.0 Å². The minimum atomic E-state index is -0.775. The van der Waals surface area contributed by atoms with E-state index in [9.17, 15) is 9.18 Å². The van der Waals surface area contributed by atoms with E-state index in [4.69, 9.17) is 35.5 Å². The van der Waals surface area contributed by atoms with Gasteiger partial charge in [-0.3, -0.25) is 10.3 Å². The van der Waals surface area contributed by atoms with Crippen molar-refractivity contribution in [3.8, 4) is 28.0 Å². The lowest BCUT2D eigenvalue weighted by Crippen LogP contribution is -2.35. The number of anilines is 1. The normalized spacial score (nSPS) is 14.4. The standard InChI is InChI=1S/C26H19ClFN5O5S/c1-12-3-16(21-18(4-12)32-20(35-2)9-30-21)25-33-22-17(27)6-19-23(24(22)39-25)36-10-15(38-19)11-37-26(34)31-14-5-13(28)7-29-8-14/h3-9,15H,10-11H2,1-2H3,(H,31,34)/t15-/m1/s1. The Morgan fingerprint density at radius 3 is 2.90 bits per heavy atom. The number of aryl methyl sites for hydroxylation is 1. The highest BCUT2D eigenvalue weighted by atomic mass is 35.5. The highest BCUT2D eigenvalue weighted by molar-refractivity contribution is 7.22. The van der Waals surface area contributed by atoms with Crippen molar-refractivity contribution in [3.05, 3.63) is 59.3 Å². The predicted octanol–water partition coefficient (Wildman–Crippen LogP) is 5.80. The molecule has 3 aromatic heterocycles. The van der Waals surface area contributed by atoms with E-state index in [1.807, 2.05) is 19.1 Å². The molecule has 1 N–H and O–H groups in total. The summed E-state index contributed by atoms with van der Waals surface area (Å²) in [6.45, 7) is 2.00. The van der Waals surface area contributed by atoms with Crippen LogP contribution in [0.15, 0.2) is 42.9 Å². The Bertz CT molecular complexity index is 1750. The number of methoxy groups -OCH3 is 1. The summed E-state index contributed by atoms with van der Waals surface area (Å²) < 4.78 is 36.5. The van der Waals surface area contributed by atoms with E-state index in [0.717, 1.165) is 28.1 Å². The fourth-order valence-electron chi connectivity index (χ4n) is 4.12. The number of nitrogens with one attached hydrogen (secondary N) is 1. The molecule has 0 bridgehead atoms. The van der Waals surface area contributed by atoms with Gasteiger partial charge < -0.3 is 18.9 Å². The number of rotatable bonds is 5. The number of amides is 1. The van der Waals surface area contributed by atoms with E-state index in [1.165, 1.54) is 17.5 Å². The van der Waals surface area contributed by atoms with Crippen LogP contribution in [-0.2, 0) is 4.74 Å². The van der Waals surface area contributed by atoms with Crippen LogP contribution in [0.3, 0.4) is 0 Å². The number of benzene rings is 2. The van der Waals surface area contributed by atoms with Crippen LogP contribution in [0.25, 0.3) is 31.8 Å². The number of hydrogen-bond acceptors (Lipinski definition) is 10. The van der Waals surface area contributed by atoms with Crippen LogP contribution >= 0.6 is 22.9 Å². The van der Waals surface area contributed by atoms with Crippen LogP contribution < -0.4 is 19.5 Å². The molecule has 4 heterocycles. The smallest absolute Gasteiger partial charge is 0.411 e. The van der Waals surface area contributed by atoms with E-state index in [-0.39, 0.29) is 18.9 Å². The molecular weight excluding hydrogens is 549 g/mol. The summed E-state index contributed by atoms with van der Waals surface area (Å²) in [6, 6.07) is 6.69. The molecule has 0 saturated heterocycles. The summed E-state index contributed by atoms with van der Waals surface area (Å²) in [5.74, 6) is 0.768. The largest absolute Gasteiger partial charge is 0.484 e. The fourth-order valence-corrected chi connectivity index (χ4v) is 5.51. The first kappa shape index (κ1) is 25.0. The lowest BCUT2D eigenvalue weighted by atomic mass is 10.1. The molecule has 0 fully saturated rings. The maximum absolute atomic E-state index is 13.3. The number of halogens is 2. The number of fused-ring (bicyclic) bond motifs is 4. The van der Waals surface area contributed by atoms with Gasteiger partial charge in [-0.2, -0.15) is 0 Å². The number of thiazole rings is 1. The van der Waals surface area contributed by atoms with Crippen LogP contribution in [0.2, 0.25) is 5.02 Å². The van der Waals surface area contributed by atoms with Crippen LogP contribution in [0, 0.1) is 12.7 Å². The lowest BCUT2D eigenvalue weighted by Gasteiger charge is -2.26. The van der Waals surface area contributed by atoms with Crippen molar-refractivity contribution in [2.45, 2.75) is 13.0 Å². The second-order valence-corrected chi connectivity index (χ2v) is 10.0. The van der Waals surface area contributed by atoms with Crippen molar-refractivity contribution >= 4 is 56.0 Å². The molecule has 0 saturated carbocycles. The molecular formula is C26H19ClFN5O5S. The third kappa shape index (κ3) is 4.95. The summed E-state index contributed by atoms with van der Waals surface area (Å²) in [5.41, 5.74) is 3.94. The zero-order chi connectivity index (χ0) is 27.1. The molecule has 0 spiro atoms. The van der Waals surface area contributed by atoms with Crippen LogP contribution in [-0.4, -0.2) is 52.5 Å². The fraction of sp³-hybridized carbons (Fsp3) is 0.192. The summed E-state index contributed by atoms with van der Waals surface area (Å²) >= 11 is 8.00. The number of pyridine rings is 1. The van der Waals surface area contributed by atoms with Gasteiger partial charge in [0.2, 0.25) is 5.88 Å². The first-order chi connectivity index (χ1) is 18.9. The Morgan fingerprint density at radius 2 is 2.08 bits per heavy atom. The minimum absolute atomic E-state index is 0.102. The number of aromatic nitrogens is 4. The van der Waals surface area contributed by atoms with Gasteiger partial charge >= 0.3 is 6.09 Å². The SMILES string of the molecule is COc1cnc2c(-c3nc4c(Cl)cc5c(c4s3)OC[C@H](COC(=O)Nc3cncc(F)c3)O5)cc(C)cc2n1. The molecule has 39 heavy (non-hydrogen) atoms. The molecule has 198 valence electrons. The van der Waals surface area contributed by atoms with Crippen molar-refractivity contribution < 1.29 is 28.1 Å². The van der Waals surface area contributed by atoms with Crippen molar-refractivity contribution in [1.29, 1.82) is 0 Å². The van der Waals surface area contributed by atoms with E-state index in [2.05, 4.69) is 20.3 Å². The molecule has 1 amide bonds. The highest BCUT2D eigenvalue weighted by Crippen LogP contribution is 2.47. The minimum Gasteiger partial charge on any atom is -0.484 e. The van der Waals surface area contributed by atoms with Crippen LogP contribution in [0.1, 0.15) is 5.56 Å². The predicted molar refractivity (Wildman–Crippen MR) is 144 cm³/mol. The number of carbonyl (C=O) groups is 1. The average molecular weight is 568 g/mol. The molecule has 0 aliphatic carbocycles. The topological polar surface area (TPSA) is 118 Å². The molecule has 1 atom stereocenters. The van der Waals surface area contributed by atoms with E-state index in [1.54, 1.807) is 19.4 Å². The van der Waals surface area contributed by atoms with Gasteiger partial charge in [-0.25, -0.2) is 24.1 Å². The van der Waals surface area contributed by atoms with Crippen molar-refractivity contribution in [2.75, 3.05) is 25.6 Å². The molecule has 0 radical (unpaired) electrons. The average Bonchev–Trinajstić information content (AvgIpc) is 3.37. The second kappa shape index (κ2) is 10.1. The van der Waals surface area contributed by atoms with Crippen LogP contribution in [0.5, 0.6) is 17.4 Å². The van der Waals surface area contributed by atoms with Gasteiger partial charge in [0.1, 0.15) is 34.3 Å². The first-order valence-corrected chi connectivity index (χ1v) is 12.9. The van der Waals surface area contributed by atoms with Gasteiger partial charge in [-0.05, 0) is 24.6 Å². The Morgan fingerprint density at radius 1 is 1.21 bits per heavy atom. The zero-order valence-electron chi connectivity index (χ0n) is 20.5. The first-order valence-electron chi connectivity index (χ1n) is 11.7.